The van der Waals surface area contributed by atoms with Crippen LogP contribution in [0.5, 0.6) is 5.75 Å². The van der Waals surface area contributed by atoms with E-state index in [1.807, 2.05) is 24.3 Å². The van der Waals surface area contributed by atoms with Gasteiger partial charge in [0.05, 0.1) is 26.4 Å². The number of hydrogen-bond donors (Lipinski definition) is 2. The molecule has 0 radical (unpaired) electrons. The fourth-order valence-electron chi connectivity index (χ4n) is 3.00. The molecule has 1 fully saturated rings. The Morgan fingerprint density at radius 3 is 2.64 bits per heavy atom. The molecule has 1 aromatic carbocycles. The van der Waals surface area contributed by atoms with E-state index in [2.05, 4.69) is 12.2 Å². The van der Waals surface area contributed by atoms with Crippen LogP contribution in [0.25, 0.3) is 0 Å². The zero-order chi connectivity index (χ0) is 15.8. The number of aliphatic hydroxyl groups is 1. The van der Waals surface area contributed by atoms with Crippen molar-refractivity contribution in [3.8, 4) is 5.75 Å². The fourth-order valence-corrected chi connectivity index (χ4v) is 3.00. The summed E-state index contributed by atoms with van der Waals surface area (Å²) in [5.41, 5.74) is 1.09. The predicted molar refractivity (Wildman–Crippen MR) is 88.1 cm³/mol. The first kappa shape index (κ1) is 17.3. The molecule has 1 aliphatic carbocycles. The molecule has 0 aromatic heterocycles. The Morgan fingerprint density at radius 2 is 1.95 bits per heavy atom. The first-order valence-electron chi connectivity index (χ1n) is 8.31. The van der Waals surface area contributed by atoms with Crippen molar-refractivity contribution in [3.63, 3.8) is 0 Å². The van der Waals surface area contributed by atoms with Gasteiger partial charge >= 0.3 is 0 Å². The maximum atomic E-state index is 10.0. The number of aliphatic hydroxyl groups excluding tert-OH is 1. The third kappa shape index (κ3) is 5.59. The van der Waals surface area contributed by atoms with Gasteiger partial charge in [0.2, 0.25) is 0 Å². The van der Waals surface area contributed by atoms with E-state index in [9.17, 15) is 5.11 Å². The molecule has 2 N–H and O–H groups in total. The molecule has 1 saturated carbocycles. The van der Waals surface area contributed by atoms with Gasteiger partial charge in [-0.3, -0.25) is 0 Å². The van der Waals surface area contributed by atoms with E-state index in [0.29, 0.717) is 31.7 Å². The van der Waals surface area contributed by atoms with Crippen LogP contribution in [0.3, 0.4) is 0 Å². The second-order valence-electron chi connectivity index (χ2n) is 6.29. The zero-order valence-electron chi connectivity index (χ0n) is 13.8. The maximum Gasteiger partial charge on any atom is 0.118 e. The molecule has 124 valence electrons. The molecular formula is C18H29NO3. The van der Waals surface area contributed by atoms with Crippen LogP contribution in [-0.2, 0) is 11.3 Å². The molecule has 0 unspecified atom stereocenters. The van der Waals surface area contributed by atoms with Crippen LogP contribution < -0.4 is 10.1 Å². The van der Waals surface area contributed by atoms with Gasteiger partial charge in [-0.1, -0.05) is 31.9 Å². The van der Waals surface area contributed by atoms with E-state index >= 15 is 0 Å². The van der Waals surface area contributed by atoms with Crippen LogP contribution in [0.2, 0.25) is 0 Å². The lowest BCUT2D eigenvalue weighted by Crippen LogP contribution is -2.42. The van der Waals surface area contributed by atoms with Gasteiger partial charge in [-0.2, -0.15) is 0 Å². The molecule has 1 aliphatic rings. The summed E-state index contributed by atoms with van der Waals surface area (Å²) >= 11 is 0. The molecule has 4 heteroatoms. The Labute approximate surface area is 133 Å². The maximum absolute atomic E-state index is 10.0. The third-order valence-electron chi connectivity index (χ3n) is 4.47. The zero-order valence-corrected chi connectivity index (χ0v) is 13.8. The molecule has 0 spiro atoms. The van der Waals surface area contributed by atoms with E-state index in [4.69, 9.17) is 9.47 Å². The summed E-state index contributed by atoms with van der Waals surface area (Å²) in [7, 11) is 1.65. The van der Waals surface area contributed by atoms with Crippen molar-refractivity contribution in [3.05, 3.63) is 29.8 Å². The molecule has 0 aliphatic heterocycles. The van der Waals surface area contributed by atoms with E-state index in [1.54, 1.807) is 7.11 Å². The molecular weight excluding hydrogens is 278 g/mol. The normalized spacial score (nSPS) is 23.2. The summed E-state index contributed by atoms with van der Waals surface area (Å²) in [5.74, 6) is 1.55. The first-order chi connectivity index (χ1) is 10.7. The lowest BCUT2D eigenvalue weighted by atomic mass is 9.86. The number of ether oxygens (including phenoxy) is 2. The van der Waals surface area contributed by atoms with Crippen molar-refractivity contribution in [2.24, 2.45) is 5.92 Å². The Kier molecular flexibility index (Phi) is 7.16. The van der Waals surface area contributed by atoms with Crippen molar-refractivity contribution < 1.29 is 14.6 Å². The molecule has 4 nitrogen and oxygen atoms in total. The lowest BCUT2D eigenvalue weighted by Gasteiger charge is -2.30. The lowest BCUT2D eigenvalue weighted by molar-refractivity contribution is 0.0260. The van der Waals surface area contributed by atoms with Crippen molar-refractivity contribution in [1.82, 2.24) is 5.32 Å². The molecule has 0 bridgehead atoms. The second-order valence-corrected chi connectivity index (χ2v) is 6.29. The average molecular weight is 307 g/mol. The Hall–Kier alpha value is -1.10. The predicted octanol–water partition coefficient (Wildman–Crippen LogP) is 2.74. The van der Waals surface area contributed by atoms with Gasteiger partial charge in [0.25, 0.3) is 0 Å². The number of rotatable bonds is 8. The number of methoxy groups -OCH3 is 1. The highest BCUT2D eigenvalue weighted by Gasteiger charge is 2.21. The van der Waals surface area contributed by atoms with E-state index in [-0.39, 0.29) is 0 Å². The van der Waals surface area contributed by atoms with Crippen molar-refractivity contribution in [2.75, 3.05) is 20.3 Å². The molecule has 2 rings (SSSR count). The second kappa shape index (κ2) is 9.13. The molecule has 0 heterocycles. The molecule has 0 saturated heterocycles. The van der Waals surface area contributed by atoms with Crippen LogP contribution in [0.15, 0.2) is 24.3 Å². The number of benzene rings is 1. The van der Waals surface area contributed by atoms with E-state index in [0.717, 1.165) is 11.3 Å². The summed E-state index contributed by atoms with van der Waals surface area (Å²) in [6.45, 7) is 3.78. The third-order valence-corrected chi connectivity index (χ3v) is 4.47. The SMILES string of the molecule is COc1ccc(COC[C@@H](O)CN[C@@H]2CCCC[C@@H]2C)cc1. The average Bonchev–Trinajstić information content (AvgIpc) is 2.55. The van der Waals surface area contributed by atoms with E-state index < -0.39 is 6.10 Å². The molecule has 1 aromatic rings. The van der Waals surface area contributed by atoms with Gasteiger partial charge in [-0.05, 0) is 36.5 Å². The van der Waals surface area contributed by atoms with Gasteiger partial charge in [0, 0.05) is 12.6 Å². The van der Waals surface area contributed by atoms with Crippen LogP contribution in [0.4, 0.5) is 0 Å². The van der Waals surface area contributed by atoms with Crippen molar-refractivity contribution in [1.29, 1.82) is 0 Å². The summed E-state index contributed by atoms with van der Waals surface area (Å²) in [6.07, 6.45) is 4.70. The van der Waals surface area contributed by atoms with Gasteiger partial charge in [-0.25, -0.2) is 0 Å². The standard InChI is InChI=1S/C18H29NO3/c1-14-5-3-4-6-18(14)19-11-16(20)13-22-12-15-7-9-17(21-2)10-8-15/h7-10,14,16,18-20H,3-6,11-13H2,1-2H3/t14-,16-,18+/m0/s1. The highest BCUT2D eigenvalue weighted by Crippen LogP contribution is 2.23. The Morgan fingerprint density at radius 1 is 1.23 bits per heavy atom. The van der Waals surface area contributed by atoms with Crippen molar-refractivity contribution >= 4 is 0 Å². The van der Waals surface area contributed by atoms with Crippen molar-refractivity contribution in [2.45, 2.75) is 51.4 Å². The Bertz CT molecular complexity index is 421. The highest BCUT2D eigenvalue weighted by atomic mass is 16.5. The van der Waals surface area contributed by atoms with Crippen LogP contribution in [0.1, 0.15) is 38.2 Å². The minimum absolute atomic E-state index is 0.361. The van der Waals surface area contributed by atoms with Gasteiger partial charge in [-0.15, -0.1) is 0 Å². The van der Waals surface area contributed by atoms with Crippen LogP contribution >= 0.6 is 0 Å². The van der Waals surface area contributed by atoms with Crippen LogP contribution in [-0.4, -0.2) is 37.5 Å². The molecule has 0 amide bonds. The topological polar surface area (TPSA) is 50.7 Å². The number of nitrogens with one attached hydrogen (secondary N) is 1. The minimum atomic E-state index is -0.452. The highest BCUT2D eigenvalue weighted by molar-refractivity contribution is 5.26. The minimum Gasteiger partial charge on any atom is -0.497 e. The van der Waals surface area contributed by atoms with E-state index in [1.165, 1.54) is 25.7 Å². The number of hydrogen-bond acceptors (Lipinski definition) is 4. The summed E-state index contributed by atoms with van der Waals surface area (Å²) in [4.78, 5) is 0. The largest absolute Gasteiger partial charge is 0.497 e. The van der Waals surface area contributed by atoms with Gasteiger partial charge in [0.15, 0.2) is 0 Å². The van der Waals surface area contributed by atoms with Gasteiger partial charge < -0.3 is 19.9 Å². The Balaban J connectivity index is 1.61. The summed E-state index contributed by atoms with van der Waals surface area (Å²) < 4.78 is 10.7. The van der Waals surface area contributed by atoms with Gasteiger partial charge in [0.1, 0.15) is 5.75 Å². The first-order valence-corrected chi connectivity index (χ1v) is 8.31. The molecule has 3 atom stereocenters. The van der Waals surface area contributed by atoms with Crippen LogP contribution in [0, 0.1) is 5.92 Å². The quantitative estimate of drug-likeness (QED) is 0.775. The summed E-state index contributed by atoms with van der Waals surface area (Å²) in [5, 5.41) is 13.5. The smallest absolute Gasteiger partial charge is 0.118 e. The molecule has 22 heavy (non-hydrogen) atoms. The fraction of sp³-hybridized carbons (Fsp3) is 0.667. The monoisotopic (exact) mass is 307 g/mol. The summed E-state index contributed by atoms with van der Waals surface area (Å²) in [6, 6.07) is 8.34.